The van der Waals surface area contributed by atoms with Crippen LogP contribution in [0.5, 0.6) is 0 Å². The maximum atomic E-state index is 12.3. The van der Waals surface area contributed by atoms with E-state index in [0.29, 0.717) is 12.2 Å². The zero-order valence-electron chi connectivity index (χ0n) is 12.5. The van der Waals surface area contributed by atoms with E-state index >= 15 is 0 Å². The minimum atomic E-state index is -0.268. The van der Waals surface area contributed by atoms with Gasteiger partial charge in [0.1, 0.15) is 5.69 Å². The number of aromatic nitrogens is 2. The van der Waals surface area contributed by atoms with E-state index in [9.17, 15) is 9.59 Å². The number of nitrogens with one attached hydrogen (secondary N) is 1. The second-order valence-corrected chi connectivity index (χ2v) is 5.18. The van der Waals surface area contributed by atoms with Crippen molar-refractivity contribution in [2.75, 3.05) is 13.6 Å². The molecule has 1 unspecified atom stereocenters. The molecule has 0 fully saturated rings. The van der Waals surface area contributed by atoms with Crippen LogP contribution >= 0.6 is 0 Å². The molecular formula is C15H20N4O2. The van der Waals surface area contributed by atoms with Gasteiger partial charge in [-0.15, -0.1) is 0 Å². The van der Waals surface area contributed by atoms with Crippen molar-refractivity contribution >= 4 is 5.91 Å². The first-order valence-corrected chi connectivity index (χ1v) is 6.80. The number of H-pyrrole nitrogens is 1. The molecule has 0 saturated carbocycles. The number of rotatable bonds is 4. The Morgan fingerprint density at radius 2 is 2.00 bits per heavy atom. The van der Waals surface area contributed by atoms with Crippen molar-refractivity contribution in [3.05, 3.63) is 51.9 Å². The molecule has 2 aromatic rings. The molecule has 0 spiro atoms. The summed E-state index contributed by atoms with van der Waals surface area (Å²) in [5, 5.41) is 2.85. The summed E-state index contributed by atoms with van der Waals surface area (Å²) in [5.74, 6) is -0.254. The molecule has 0 radical (unpaired) electrons. The Morgan fingerprint density at radius 1 is 1.38 bits per heavy atom. The number of carbonyl (C=O) groups excluding carboxylic acids is 1. The zero-order chi connectivity index (χ0) is 15.6. The molecule has 112 valence electrons. The Kier molecular flexibility index (Phi) is 4.28. The molecule has 0 aliphatic carbocycles. The van der Waals surface area contributed by atoms with Crippen molar-refractivity contribution in [1.29, 1.82) is 0 Å². The van der Waals surface area contributed by atoms with E-state index in [1.807, 2.05) is 38.1 Å². The average Bonchev–Trinajstić information content (AvgIpc) is 2.87. The van der Waals surface area contributed by atoms with E-state index < -0.39 is 0 Å². The van der Waals surface area contributed by atoms with Crippen LogP contribution in [-0.2, 0) is 0 Å². The zero-order valence-corrected chi connectivity index (χ0v) is 12.5. The summed E-state index contributed by atoms with van der Waals surface area (Å²) in [7, 11) is 1.67. The van der Waals surface area contributed by atoms with E-state index in [0.717, 1.165) is 5.56 Å². The molecule has 1 heterocycles. The number of nitrogens with two attached hydrogens (primary N) is 1. The van der Waals surface area contributed by atoms with Crippen molar-refractivity contribution in [2.45, 2.75) is 19.9 Å². The van der Waals surface area contributed by atoms with E-state index in [2.05, 4.69) is 5.10 Å². The van der Waals surface area contributed by atoms with Crippen molar-refractivity contribution in [3.63, 3.8) is 0 Å². The number of nitrogens with zero attached hydrogens (tertiary/aromatic N) is 2. The third-order valence-corrected chi connectivity index (χ3v) is 3.57. The summed E-state index contributed by atoms with van der Waals surface area (Å²) in [6.07, 6.45) is 0. The topological polar surface area (TPSA) is 84.1 Å². The minimum absolute atomic E-state index is 0.0938. The second kappa shape index (κ2) is 5.97. The molecule has 6 nitrogen and oxygen atoms in total. The van der Waals surface area contributed by atoms with Gasteiger partial charge in [0.2, 0.25) is 0 Å². The molecule has 1 atom stereocenters. The summed E-state index contributed by atoms with van der Waals surface area (Å²) in [6.45, 7) is 4.19. The van der Waals surface area contributed by atoms with Crippen LogP contribution < -0.4 is 11.3 Å². The highest BCUT2D eigenvalue weighted by molar-refractivity contribution is 5.92. The first kappa shape index (κ1) is 15.1. The molecule has 0 aliphatic rings. The number of amides is 1. The van der Waals surface area contributed by atoms with Crippen LogP contribution in [0.4, 0.5) is 0 Å². The number of aromatic amines is 1. The predicted molar refractivity (Wildman–Crippen MR) is 81.7 cm³/mol. The summed E-state index contributed by atoms with van der Waals surface area (Å²) < 4.78 is 1.35. The number of hydrogen-bond donors (Lipinski definition) is 2. The third kappa shape index (κ3) is 3.05. The van der Waals surface area contributed by atoms with E-state index in [-0.39, 0.29) is 23.2 Å². The lowest BCUT2D eigenvalue weighted by molar-refractivity contribution is 0.0742. The normalized spacial score (nSPS) is 12.2. The standard InChI is InChI=1S/C15H20N4O2/c1-10-4-6-12(7-5-10)19-14(20)8-13(17-19)15(21)18(3)11(2)9-16/h4-8,11,17H,9,16H2,1-3H3. The van der Waals surface area contributed by atoms with Gasteiger partial charge >= 0.3 is 0 Å². The number of likely N-dealkylation sites (N-methyl/N-ethyl adjacent to an activating group) is 1. The number of aryl methyl sites for hydroxylation is 1. The molecule has 0 aliphatic heterocycles. The molecular weight excluding hydrogens is 268 g/mol. The van der Waals surface area contributed by atoms with Crippen molar-refractivity contribution in [1.82, 2.24) is 14.7 Å². The van der Waals surface area contributed by atoms with Crippen LogP contribution in [0.25, 0.3) is 5.69 Å². The van der Waals surface area contributed by atoms with Gasteiger partial charge in [-0.1, -0.05) is 17.7 Å². The number of benzene rings is 1. The van der Waals surface area contributed by atoms with Crippen molar-refractivity contribution in [2.24, 2.45) is 5.73 Å². The maximum absolute atomic E-state index is 12.3. The number of hydrogen-bond acceptors (Lipinski definition) is 3. The molecule has 1 aromatic carbocycles. The SMILES string of the molecule is Cc1ccc(-n2[nH]c(C(=O)N(C)C(C)CN)cc2=O)cc1. The van der Waals surface area contributed by atoms with Gasteiger partial charge in [0.15, 0.2) is 0 Å². The van der Waals surface area contributed by atoms with Gasteiger partial charge in [-0.2, -0.15) is 0 Å². The molecule has 0 bridgehead atoms. The van der Waals surface area contributed by atoms with Gasteiger partial charge in [0.05, 0.1) is 5.69 Å². The van der Waals surface area contributed by atoms with Gasteiger partial charge in [-0.3, -0.25) is 14.7 Å². The Labute approximate surface area is 123 Å². The van der Waals surface area contributed by atoms with Crippen LogP contribution in [0.1, 0.15) is 23.0 Å². The molecule has 1 amide bonds. The van der Waals surface area contributed by atoms with Crippen LogP contribution in [0.3, 0.4) is 0 Å². The fourth-order valence-electron chi connectivity index (χ4n) is 1.94. The smallest absolute Gasteiger partial charge is 0.271 e. The first-order valence-electron chi connectivity index (χ1n) is 6.80. The highest BCUT2D eigenvalue weighted by Gasteiger charge is 2.19. The van der Waals surface area contributed by atoms with Gasteiger partial charge in [0, 0.05) is 25.7 Å². The lowest BCUT2D eigenvalue weighted by Gasteiger charge is -2.22. The van der Waals surface area contributed by atoms with E-state index in [1.165, 1.54) is 15.6 Å². The lowest BCUT2D eigenvalue weighted by Crippen LogP contribution is -2.39. The summed E-state index contributed by atoms with van der Waals surface area (Å²) >= 11 is 0. The largest absolute Gasteiger partial charge is 0.336 e. The Hall–Kier alpha value is -2.34. The molecule has 3 N–H and O–H groups in total. The summed E-state index contributed by atoms with van der Waals surface area (Å²) in [5.41, 5.74) is 7.34. The van der Waals surface area contributed by atoms with Crippen LogP contribution in [0.15, 0.2) is 35.1 Å². The molecule has 1 aromatic heterocycles. The first-order chi connectivity index (χ1) is 9.93. The third-order valence-electron chi connectivity index (χ3n) is 3.57. The Morgan fingerprint density at radius 3 is 2.57 bits per heavy atom. The van der Waals surface area contributed by atoms with Crippen molar-refractivity contribution < 1.29 is 4.79 Å². The molecule has 6 heteroatoms. The van der Waals surface area contributed by atoms with Crippen LogP contribution in [0.2, 0.25) is 0 Å². The monoisotopic (exact) mass is 288 g/mol. The highest BCUT2D eigenvalue weighted by atomic mass is 16.2. The fraction of sp³-hybridized carbons (Fsp3) is 0.333. The second-order valence-electron chi connectivity index (χ2n) is 5.18. The lowest BCUT2D eigenvalue weighted by atomic mass is 10.2. The summed E-state index contributed by atoms with van der Waals surface area (Å²) in [6, 6.07) is 8.69. The van der Waals surface area contributed by atoms with E-state index in [4.69, 9.17) is 5.73 Å². The molecule has 0 saturated heterocycles. The van der Waals surface area contributed by atoms with Crippen molar-refractivity contribution in [3.8, 4) is 5.69 Å². The fourth-order valence-corrected chi connectivity index (χ4v) is 1.94. The molecule has 21 heavy (non-hydrogen) atoms. The van der Waals surface area contributed by atoms with Gasteiger partial charge < -0.3 is 10.6 Å². The maximum Gasteiger partial charge on any atom is 0.271 e. The number of carbonyl (C=O) groups is 1. The molecule has 2 rings (SSSR count). The average molecular weight is 288 g/mol. The van der Waals surface area contributed by atoms with Gasteiger partial charge in [-0.05, 0) is 26.0 Å². The minimum Gasteiger partial charge on any atom is -0.336 e. The Balaban J connectivity index is 2.33. The van der Waals surface area contributed by atoms with Crippen LogP contribution in [0, 0.1) is 6.92 Å². The van der Waals surface area contributed by atoms with Gasteiger partial charge in [-0.25, -0.2) is 4.68 Å². The highest BCUT2D eigenvalue weighted by Crippen LogP contribution is 2.08. The Bertz CT molecular complexity index is 684. The quantitative estimate of drug-likeness (QED) is 0.876. The van der Waals surface area contributed by atoms with Crippen LogP contribution in [-0.4, -0.2) is 40.2 Å². The van der Waals surface area contributed by atoms with Gasteiger partial charge in [0.25, 0.3) is 11.5 Å². The predicted octanol–water partition coefficient (Wildman–Crippen LogP) is 0.893. The summed E-state index contributed by atoms with van der Waals surface area (Å²) in [4.78, 5) is 25.8. The van der Waals surface area contributed by atoms with E-state index in [1.54, 1.807) is 7.05 Å².